The van der Waals surface area contributed by atoms with Gasteiger partial charge in [0, 0.05) is 12.4 Å². The summed E-state index contributed by atoms with van der Waals surface area (Å²) in [5, 5.41) is 0. The van der Waals surface area contributed by atoms with Crippen molar-refractivity contribution >= 4 is 28.4 Å². The molecular formula is C21H23BF3NO7S. The number of aromatic nitrogens is 1. The number of benzene rings is 1. The van der Waals surface area contributed by atoms with Gasteiger partial charge in [0.05, 0.1) is 29.6 Å². The Hall–Kier alpha value is -2.64. The van der Waals surface area contributed by atoms with Gasteiger partial charge in [0.15, 0.2) is 9.84 Å². The average Bonchev–Trinajstić information content (AvgIpc) is 2.93. The van der Waals surface area contributed by atoms with Crippen LogP contribution in [0.1, 0.15) is 43.6 Å². The van der Waals surface area contributed by atoms with E-state index in [4.69, 9.17) is 9.31 Å². The Morgan fingerprint density at radius 3 is 2.26 bits per heavy atom. The van der Waals surface area contributed by atoms with Gasteiger partial charge in [-0.05, 0) is 56.9 Å². The zero-order valence-electron chi connectivity index (χ0n) is 19.1. The fraction of sp³-hybridized carbons (Fsp3) is 0.429. The van der Waals surface area contributed by atoms with Crippen molar-refractivity contribution in [2.24, 2.45) is 0 Å². The van der Waals surface area contributed by atoms with Crippen LogP contribution in [0, 0.1) is 0 Å². The lowest BCUT2D eigenvalue weighted by molar-refractivity contribution is -0.275. The quantitative estimate of drug-likeness (QED) is 0.440. The zero-order valence-corrected chi connectivity index (χ0v) is 19.9. The molecule has 0 radical (unpaired) electrons. The Morgan fingerprint density at radius 2 is 1.71 bits per heavy atom. The molecule has 0 atom stereocenters. The predicted molar refractivity (Wildman–Crippen MR) is 115 cm³/mol. The Morgan fingerprint density at radius 1 is 1.09 bits per heavy atom. The molecule has 0 aliphatic carbocycles. The molecule has 184 valence electrons. The molecule has 0 saturated carbocycles. The van der Waals surface area contributed by atoms with Crippen LogP contribution in [-0.4, -0.2) is 51.2 Å². The number of esters is 1. The van der Waals surface area contributed by atoms with E-state index in [2.05, 4.69) is 14.5 Å². The van der Waals surface area contributed by atoms with Gasteiger partial charge in [-0.15, -0.1) is 13.2 Å². The van der Waals surface area contributed by atoms with Crippen molar-refractivity contribution in [2.45, 2.75) is 55.9 Å². The summed E-state index contributed by atoms with van der Waals surface area (Å²) in [7, 11) is -4.27. The average molecular weight is 501 g/mol. The van der Waals surface area contributed by atoms with E-state index in [0.717, 1.165) is 19.2 Å². The molecule has 1 aliphatic heterocycles. The van der Waals surface area contributed by atoms with E-state index in [9.17, 15) is 26.4 Å². The minimum absolute atomic E-state index is 0.00654. The maximum Gasteiger partial charge on any atom is 0.573 e. The number of carbonyl (C=O) groups is 1. The molecule has 2 aromatic rings. The lowest BCUT2D eigenvalue weighted by Crippen LogP contribution is -2.41. The van der Waals surface area contributed by atoms with Crippen LogP contribution in [0.2, 0.25) is 0 Å². The molecule has 13 heteroatoms. The van der Waals surface area contributed by atoms with E-state index in [1.165, 1.54) is 24.5 Å². The number of hydrogen-bond acceptors (Lipinski definition) is 8. The minimum Gasteiger partial charge on any atom is -0.465 e. The zero-order chi connectivity index (χ0) is 25.5. The highest BCUT2D eigenvalue weighted by atomic mass is 32.2. The number of alkyl halides is 3. The number of sulfone groups is 1. The smallest absolute Gasteiger partial charge is 0.465 e. The molecule has 1 saturated heterocycles. The van der Waals surface area contributed by atoms with Crippen LogP contribution in [0.25, 0.3) is 0 Å². The van der Waals surface area contributed by atoms with Crippen LogP contribution in [0.3, 0.4) is 0 Å². The van der Waals surface area contributed by atoms with E-state index in [-0.39, 0.29) is 16.6 Å². The van der Waals surface area contributed by atoms with Crippen molar-refractivity contribution in [1.82, 2.24) is 4.98 Å². The molecular weight excluding hydrogens is 478 g/mol. The number of methoxy groups -OCH3 is 1. The van der Waals surface area contributed by atoms with Crippen LogP contribution < -0.4 is 10.2 Å². The van der Waals surface area contributed by atoms with E-state index >= 15 is 0 Å². The molecule has 3 rings (SSSR count). The molecule has 1 aromatic carbocycles. The summed E-state index contributed by atoms with van der Waals surface area (Å²) >= 11 is 0. The van der Waals surface area contributed by atoms with Crippen LogP contribution in [0.4, 0.5) is 13.2 Å². The Bertz CT molecular complexity index is 1180. The van der Waals surface area contributed by atoms with Gasteiger partial charge in [-0.3, -0.25) is 4.98 Å². The predicted octanol–water partition coefficient (Wildman–Crippen LogP) is 3.04. The van der Waals surface area contributed by atoms with E-state index in [1.807, 2.05) is 0 Å². The number of ether oxygens (including phenoxy) is 2. The van der Waals surface area contributed by atoms with Gasteiger partial charge in [0.1, 0.15) is 10.6 Å². The molecule has 2 heterocycles. The Kier molecular flexibility index (Phi) is 6.77. The van der Waals surface area contributed by atoms with Crippen molar-refractivity contribution in [1.29, 1.82) is 0 Å². The number of halogens is 3. The van der Waals surface area contributed by atoms with Crippen molar-refractivity contribution in [2.75, 3.05) is 7.11 Å². The van der Waals surface area contributed by atoms with Gasteiger partial charge in [-0.25, -0.2) is 13.2 Å². The molecule has 0 amide bonds. The number of nitrogens with zero attached hydrogens (tertiary/aromatic N) is 1. The van der Waals surface area contributed by atoms with Gasteiger partial charge in [0.25, 0.3) is 0 Å². The molecule has 34 heavy (non-hydrogen) atoms. The van der Waals surface area contributed by atoms with Gasteiger partial charge < -0.3 is 18.8 Å². The van der Waals surface area contributed by atoms with Crippen molar-refractivity contribution in [3.05, 3.63) is 47.8 Å². The number of hydrogen-bond donors (Lipinski definition) is 0. The van der Waals surface area contributed by atoms with Gasteiger partial charge in [-0.1, -0.05) is 6.07 Å². The Balaban J connectivity index is 2.03. The van der Waals surface area contributed by atoms with Gasteiger partial charge >= 0.3 is 19.5 Å². The summed E-state index contributed by atoms with van der Waals surface area (Å²) in [6, 6.07) is 4.43. The van der Waals surface area contributed by atoms with Gasteiger partial charge in [-0.2, -0.15) is 0 Å². The summed E-state index contributed by atoms with van der Waals surface area (Å²) in [6.45, 7) is 7.14. The largest absolute Gasteiger partial charge is 0.573 e. The second-order valence-corrected chi connectivity index (χ2v) is 10.6. The van der Waals surface area contributed by atoms with E-state index in [0.29, 0.717) is 0 Å². The highest BCUT2D eigenvalue weighted by Gasteiger charge is 2.52. The van der Waals surface area contributed by atoms with Crippen LogP contribution in [-0.2, 0) is 29.6 Å². The Labute approximate surface area is 195 Å². The molecule has 8 nitrogen and oxygen atoms in total. The molecule has 0 N–H and O–H groups in total. The number of rotatable bonds is 6. The minimum atomic E-state index is -5.12. The molecule has 0 bridgehead atoms. The third-order valence-corrected chi connectivity index (χ3v) is 7.33. The number of carbonyl (C=O) groups excluding carboxylic acids is 1. The van der Waals surface area contributed by atoms with E-state index < -0.39 is 56.9 Å². The normalized spacial score (nSPS) is 17.5. The standard InChI is InChI=1S/C21H23BF3NO7S/c1-19(2)20(3,4)33-22(32-19)15-6-7-16(31-21(23,24)25)17(9-15)34(28,29)12-13-8-14(11-26-10-13)18(27)30-5/h6-11H,12H2,1-5H3. The summed E-state index contributed by atoms with van der Waals surface area (Å²) < 4.78 is 85.7. The summed E-state index contributed by atoms with van der Waals surface area (Å²) in [5.74, 6) is -2.38. The van der Waals surface area contributed by atoms with Crippen LogP contribution in [0.15, 0.2) is 41.6 Å². The van der Waals surface area contributed by atoms with Gasteiger partial charge in [0.2, 0.25) is 0 Å². The fourth-order valence-corrected chi connectivity index (χ4v) is 4.68. The van der Waals surface area contributed by atoms with Crippen LogP contribution in [0.5, 0.6) is 5.75 Å². The first-order chi connectivity index (χ1) is 15.5. The first-order valence-corrected chi connectivity index (χ1v) is 11.7. The topological polar surface area (TPSA) is 101 Å². The monoisotopic (exact) mass is 501 g/mol. The first kappa shape index (κ1) is 26.0. The maximum atomic E-state index is 13.2. The first-order valence-electron chi connectivity index (χ1n) is 10.0. The summed E-state index contributed by atoms with van der Waals surface area (Å²) in [5.41, 5.74) is -1.24. The fourth-order valence-electron chi connectivity index (χ4n) is 3.20. The highest BCUT2D eigenvalue weighted by molar-refractivity contribution is 7.90. The third-order valence-electron chi connectivity index (χ3n) is 5.63. The van der Waals surface area contributed by atoms with Crippen molar-refractivity contribution in [3.63, 3.8) is 0 Å². The summed E-state index contributed by atoms with van der Waals surface area (Å²) in [6.07, 6.45) is -2.76. The SMILES string of the molecule is COC(=O)c1cncc(CS(=O)(=O)c2cc(B3OC(C)(C)C(C)(C)O3)ccc2OC(F)(F)F)c1. The molecule has 1 aromatic heterocycles. The summed E-state index contributed by atoms with van der Waals surface area (Å²) in [4.78, 5) is 14.8. The molecule has 0 spiro atoms. The lowest BCUT2D eigenvalue weighted by Gasteiger charge is -2.32. The number of pyridine rings is 1. The lowest BCUT2D eigenvalue weighted by atomic mass is 9.79. The second kappa shape index (κ2) is 8.86. The van der Waals surface area contributed by atoms with Crippen molar-refractivity contribution in [3.8, 4) is 5.75 Å². The van der Waals surface area contributed by atoms with E-state index in [1.54, 1.807) is 27.7 Å². The third kappa shape index (κ3) is 5.53. The molecule has 1 fully saturated rings. The molecule has 1 aliphatic rings. The van der Waals surface area contributed by atoms with Crippen molar-refractivity contribution < 1.29 is 45.2 Å². The second-order valence-electron chi connectivity index (χ2n) is 8.67. The van der Waals surface area contributed by atoms with Crippen LogP contribution >= 0.6 is 0 Å². The maximum absolute atomic E-state index is 13.2. The highest BCUT2D eigenvalue weighted by Crippen LogP contribution is 2.37. The molecule has 0 unspecified atom stereocenters.